The molecule has 2 amide bonds. The number of nitrogens with zero attached hydrogens (tertiary/aromatic N) is 3. The molecule has 2 aliphatic rings. The van der Waals surface area contributed by atoms with Crippen LogP contribution in [0.3, 0.4) is 0 Å². The molecule has 1 aliphatic heterocycles. The Bertz CT molecular complexity index is 837. The number of hydrogen-bond acceptors (Lipinski definition) is 3. The van der Waals surface area contributed by atoms with Gasteiger partial charge in [0, 0.05) is 42.8 Å². The molecule has 1 aliphatic carbocycles. The summed E-state index contributed by atoms with van der Waals surface area (Å²) in [4.78, 5) is 27.4. The number of carbonyl (C=O) groups excluding carboxylic acids is 2. The van der Waals surface area contributed by atoms with Crippen LogP contribution in [0, 0.1) is 5.92 Å². The van der Waals surface area contributed by atoms with Crippen LogP contribution in [-0.2, 0) is 24.8 Å². The van der Waals surface area contributed by atoms with Crippen molar-refractivity contribution in [1.82, 2.24) is 14.7 Å². The first-order valence-corrected chi connectivity index (χ1v) is 9.83. The number of rotatable bonds is 3. The van der Waals surface area contributed by atoms with Gasteiger partial charge in [0.1, 0.15) is 0 Å². The minimum absolute atomic E-state index is 0.166. The largest absolute Gasteiger partial charge is 0.338 e. The third kappa shape index (κ3) is 3.61. The molecule has 1 aromatic carbocycles. The number of amides is 2. The highest BCUT2D eigenvalue weighted by Gasteiger charge is 2.31. The van der Waals surface area contributed by atoms with E-state index in [0.29, 0.717) is 17.9 Å². The summed E-state index contributed by atoms with van der Waals surface area (Å²) in [5.74, 6) is 0.832. The molecule has 2 aromatic rings. The molecule has 2 heterocycles. The molecular weight excluding hydrogens is 340 g/mol. The van der Waals surface area contributed by atoms with Crippen LogP contribution < -0.4 is 5.32 Å². The highest BCUT2D eigenvalue weighted by Crippen LogP contribution is 2.30. The van der Waals surface area contributed by atoms with Gasteiger partial charge in [0.05, 0.1) is 6.54 Å². The van der Waals surface area contributed by atoms with Gasteiger partial charge in [-0.05, 0) is 25.0 Å². The predicted octanol–water partition coefficient (Wildman–Crippen LogP) is 3.14. The number of fused-ring (bicyclic) bond motifs is 1. The van der Waals surface area contributed by atoms with E-state index in [1.54, 1.807) is 12.1 Å². The van der Waals surface area contributed by atoms with Crippen molar-refractivity contribution < 1.29 is 9.59 Å². The van der Waals surface area contributed by atoms with Gasteiger partial charge in [-0.15, -0.1) is 0 Å². The number of anilines is 1. The van der Waals surface area contributed by atoms with E-state index >= 15 is 0 Å². The topological polar surface area (TPSA) is 67.2 Å². The van der Waals surface area contributed by atoms with Crippen LogP contribution in [-0.4, -0.2) is 33.0 Å². The number of benzene rings is 1. The molecule has 0 atom stereocenters. The quantitative estimate of drug-likeness (QED) is 0.907. The summed E-state index contributed by atoms with van der Waals surface area (Å²) in [6.07, 6.45) is 6.34. The average Bonchev–Trinajstić information content (AvgIpc) is 3.03. The number of aromatic nitrogens is 2. The van der Waals surface area contributed by atoms with Crippen LogP contribution in [0.15, 0.2) is 30.3 Å². The van der Waals surface area contributed by atoms with E-state index in [2.05, 4.69) is 10.4 Å². The van der Waals surface area contributed by atoms with E-state index in [1.807, 2.05) is 34.8 Å². The molecule has 6 heteroatoms. The molecule has 27 heavy (non-hydrogen) atoms. The minimum Gasteiger partial charge on any atom is -0.338 e. The maximum absolute atomic E-state index is 12.9. The Morgan fingerprint density at radius 1 is 1.11 bits per heavy atom. The lowest BCUT2D eigenvalue weighted by Crippen LogP contribution is -2.40. The summed E-state index contributed by atoms with van der Waals surface area (Å²) >= 11 is 0. The zero-order valence-corrected chi connectivity index (χ0v) is 15.8. The van der Waals surface area contributed by atoms with Crippen molar-refractivity contribution in [2.75, 3.05) is 11.9 Å². The van der Waals surface area contributed by atoms with E-state index < -0.39 is 0 Å². The predicted molar refractivity (Wildman–Crippen MR) is 103 cm³/mol. The Balaban J connectivity index is 1.52. The van der Waals surface area contributed by atoms with Crippen LogP contribution in [0.5, 0.6) is 0 Å². The zero-order valence-electron chi connectivity index (χ0n) is 15.8. The SMILES string of the molecule is Cn1nc(NC(=O)c2ccccc2)c2c1CCN(C(=O)C1CCCCC1)C2. The van der Waals surface area contributed by atoms with Crippen LogP contribution >= 0.6 is 0 Å². The van der Waals surface area contributed by atoms with Crippen LogP contribution in [0.4, 0.5) is 5.82 Å². The summed E-state index contributed by atoms with van der Waals surface area (Å²) in [7, 11) is 1.90. The average molecular weight is 366 g/mol. The lowest BCUT2D eigenvalue weighted by atomic mass is 9.88. The molecule has 0 radical (unpaired) electrons. The highest BCUT2D eigenvalue weighted by atomic mass is 16.2. The molecule has 4 rings (SSSR count). The monoisotopic (exact) mass is 366 g/mol. The molecule has 0 bridgehead atoms. The summed E-state index contributed by atoms with van der Waals surface area (Å²) in [5.41, 5.74) is 2.67. The summed E-state index contributed by atoms with van der Waals surface area (Å²) < 4.78 is 1.83. The molecule has 142 valence electrons. The van der Waals surface area contributed by atoms with Gasteiger partial charge in [0.15, 0.2) is 5.82 Å². The van der Waals surface area contributed by atoms with Crippen molar-refractivity contribution in [3.05, 3.63) is 47.2 Å². The number of hydrogen-bond donors (Lipinski definition) is 1. The fourth-order valence-electron chi connectivity index (χ4n) is 4.26. The second-order valence-electron chi connectivity index (χ2n) is 7.56. The van der Waals surface area contributed by atoms with Gasteiger partial charge in [0.25, 0.3) is 5.91 Å². The third-order valence-electron chi connectivity index (χ3n) is 5.78. The van der Waals surface area contributed by atoms with Gasteiger partial charge >= 0.3 is 0 Å². The molecule has 0 saturated heterocycles. The maximum atomic E-state index is 12.9. The molecule has 1 saturated carbocycles. The van der Waals surface area contributed by atoms with Crippen LogP contribution in [0.1, 0.15) is 53.7 Å². The summed E-state index contributed by atoms with van der Waals surface area (Å²) in [6, 6.07) is 9.13. The van der Waals surface area contributed by atoms with Crippen molar-refractivity contribution in [3.63, 3.8) is 0 Å². The standard InChI is InChI=1S/C21H26N4O2/c1-24-18-12-13-25(21(27)16-10-6-3-7-11-16)14-17(18)19(23-24)22-20(26)15-8-4-2-5-9-15/h2,4-5,8-9,16H,3,6-7,10-14H2,1H3,(H,22,23,26). The van der Waals surface area contributed by atoms with Gasteiger partial charge in [-0.2, -0.15) is 5.10 Å². The fourth-order valence-corrected chi connectivity index (χ4v) is 4.26. The molecule has 0 spiro atoms. The van der Waals surface area contributed by atoms with Crippen molar-refractivity contribution >= 4 is 17.6 Å². The Hall–Kier alpha value is -2.63. The third-order valence-corrected chi connectivity index (χ3v) is 5.78. The maximum Gasteiger partial charge on any atom is 0.256 e. The summed E-state index contributed by atoms with van der Waals surface area (Å²) in [5, 5.41) is 7.45. The van der Waals surface area contributed by atoms with Crippen LogP contribution in [0.25, 0.3) is 0 Å². The molecule has 1 aromatic heterocycles. The lowest BCUT2D eigenvalue weighted by Gasteiger charge is -2.32. The van der Waals surface area contributed by atoms with Crippen molar-refractivity contribution in [3.8, 4) is 0 Å². The zero-order chi connectivity index (χ0) is 18.8. The first-order chi connectivity index (χ1) is 13.1. The molecular formula is C21H26N4O2. The van der Waals surface area contributed by atoms with Crippen LogP contribution in [0.2, 0.25) is 0 Å². The Morgan fingerprint density at radius 2 is 1.85 bits per heavy atom. The first kappa shape index (κ1) is 17.8. The molecule has 1 fully saturated rings. The molecule has 0 unspecified atom stereocenters. The van der Waals surface area contributed by atoms with E-state index in [-0.39, 0.29) is 17.7 Å². The van der Waals surface area contributed by atoms with Gasteiger partial charge in [-0.25, -0.2) is 0 Å². The van der Waals surface area contributed by atoms with Gasteiger partial charge < -0.3 is 10.2 Å². The van der Waals surface area contributed by atoms with E-state index in [1.165, 1.54) is 6.42 Å². The van der Waals surface area contributed by atoms with E-state index in [4.69, 9.17) is 0 Å². The van der Waals surface area contributed by atoms with Crippen molar-refractivity contribution in [2.45, 2.75) is 45.1 Å². The number of aryl methyl sites for hydroxylation is 1. The van der Waals surface area contributed by atoms with Crippen molar-refractivity contribution in [1.29, 1.82) is 0 Å². The smallest absolute Gasteiger partial charge is 0.256 e. The Labute approximate surface area is 159 Å². The second-order valence-corrected chi connectivity index (χ2v) is 7.56. The Morgan fingerprint density at radius 3 is 2.59 bits per heavy atom. The number of nitrogens with one attached hydrogen (secondary N) is 1. The Kier molecular flexibility index (Phi) is 4.97. The van der Waals surface area contributed by atoms with E-state index in [0.717, 1.165) is 49.9 Å². The van der Waals surface area contributed by atoms with Gasteiger partial charge in [0.2, 0.25) is 5.91 Å². The second kappa shape index (κ2) is 7.55. The highest BCUT2D eigenvalue weighted by molar-refractivity contribution is 6.04. The number of carbonyl (C=O) groups is 2. The summed E-state index contributed by atoms with van der Waals surface area (Å²) in [6.45, 7) is 1.26. The van der Waals surface area contributed by atoms with Crippen molar-refractivity contribution in [2.24, 2.45) is 13.0 Å². The normalized spacial score (nSPS) is 17.4. The van der Waals surface area contributed by atoms with E-state index in [9.17, 15) is 9.59 Å². The molecule has 6 nitrogen and oxygen atoms in total. The minimum atomic E-state index is -0.174. The lowest BCUT2D eigenvalue weighted by molar-refractivity contribution is -0.137. The molecule has 1 N–H and O–H groups in total. The fraction of sp³-hybridized carbons (Fsp3) is 0.476. The van der Waals surface area contributed by atoms with Gasteiger partial charge in [-0.1, -0.05) is 37.5 Å². The van der Waals surface area contributed by atoms with Gasteiger partial charge in [-0.3, -0.25) is 14.3 Å². The first-order valence-electron chi connectivity index (χ1n) is 9.83.